The SMILES string of the molecule is COc1cc2c(Nc3cccc(Cl)c3F)ncnc2cc1OC1CCN(C(=O)CC(C)(C)O)CC1. The second-order valence-electron chi connectivity index (χ2n) is 9.16. The van der Waals surface area contributed by atoms with Crippen LogP contribution in [0.2, 0.25) is 5.02 Å². The summed E-state index contributed by atoms with van der Waals surface area (Å²) in [6, 6.07) is 8.20. The first-order valence-electron chi connectivity index (χ1n) is 11.3. The van der Waals surface area contributed by atoms with E-state index >= 15 is 0 Å². The molecule has 0 spiro atoms. The minimum absolute atomic E-state index is 0.00875. The van der Waals surface area contributed by atoms with Crippen LogP contribution in [0.25, 0.3) is 10.9 Å². The summed E-state index contributed by atoms with van der Waals surface area (Å²) in [5, 5.41) is 13.5. The van der Waals surface area contributed by atoms with Gasteiger partial charge in [0.25, 0.3) is 0 Å². The number of piperidine rings is 1. The van der Waals surface area contributed by atoms with Gasteiger partial charge in [-0.05, 0) is 32.0 Å². The lowest BCUT2D eigenvalue weighted by molar-refractivity contribution is -0.137. The Labute approximate surface area is 208 Å². The third-order valence-electron chi connectivity index (χ3n) is 5.80. The van der Waals surface area contributed by atoms with Gasteiger partial charge in [-0.2, -0.15) is 0 Å². The third kappa shape index (κ3) is 5.91. The van der Waals surface area contributed by atoms with Crippen LogP contribution in [-0.2, 0) is 4.79 Å². The van der Waals surface area contributed by atoms with Crippen LogP contribution < -0.4 is 14.8 Å². The lowest BCUT2D eigenvalue weighted by Gasteiger charge is -2.33. The van der Waals surface area contributed by atoms with Gasteiger partial charge in [0.05, 0.1) is 35.4 Å². The van der Waals surface area contributed by atoms with E-state index in [9.17, 15) is 14.3 Å². The van der Waals surface area contributed by atoms with Gasteiger partial charge >= 0.3 is 0 Å². The van der Waals surface area contributed by atoms with E-state index in [1.165, 1.54) is 12.4 Å². The van der Waals surface area contributed by atoms with Gasteiger partial charge in [-0.15, -0.1) is 0 Å². The highest BCUT2D eigenvalue weighted by molar-refractivity contribution is 6.31. The highest BCUT2D eigenvalue weighted by atomic mass is 35.5. The number of aromatic nitrogens is 2. The average Bonchev–Trinajstić information content (AvgIpc) is 2.81. The van der Waals surface area contributed by atoms with Crippen LogP contribution in [0.5, 0.6) is 11.5 Å². The molecule has 10 heteroatoms. The van der Waals surface area contributed by atoms with Gasteiger partial charge in [-0.25, -0.2) is 14.4 Å². The first kappa shape index (κ1) is 24.9. The van der Waals surface area contributed by atoms with Crippen molar-refractivity contribution in [1.29, 1.82) is 0 Å². The number of likely N-dealkylation sites (tertiary alicyclic amines) is 1. The number of methoxy groups -OCH3 is 1. The van der Waals surface area contributed by atoms with E-state index in [-0.39, 0.29) is 29.1 Å². The number of fused-ring (bicyclic) bond motifs is 1. The highest BCUT2D eigenvalue weighted by Crippen LogP contribution is 2.36. The number of nitrogens with one attached hydrogen (secondary N) is 1. The molecule has 2 aromatic carbocycles. The number of anilines is 2. The molecule has 1 saturated heterocycles. The zero-order chi connectivity index (χ0) is 25.2. The summed E-state index contributed by atoms with van der Waals surface area (Å²) in [6.07, 6.45) is 2.68. The van der Waals surface area contributed by atoms with Crippen LogP contribution in [0.15, 0.2) is 36.7 Å². The first-order valence-corrected chi connectivity index (χ1v) is 11.7. The molecule has 3 aromatic rings. The highest BCUT2D eigenvalue weighted by Gasteiger charge is 2.28. The van der Waals surface area contributed by atoms with Crippen LogP contribution in [-0.4, -0.2) is 57.8 Å². The Morgan fingerprint density at radius 1 is 1.26 bits per heavy atom. The minimum atomic E-state index is -1.03. The molecule has 0 saturated carbocycles. The van der Waals surface area contributed by atoms with E-state index in [2.05, 4.69) is 15.3 Å². The molecule has 1 aliphatic heterocycles. The molecule has 1 aromatic heterocycles. The van der Waals surface area contributed by atoms with Gasteiger partial charge in [0.1, 0.15) is 18.2 Å². The fraction of sp³-hybridized carbons (Fsp3) is 0.400. The van der Waals surface area contributed by atoms with E-state index in [0.717, 1.165) is 0 Å². The lowest BCUT2D eigenvalue weighted by atomic mass is 10.0. The molecule has 0 radical (unpaired) electrons. The van der Waals surface area contributed by atoms with Gasteiger partial charge in [0, 0.05) is 37.4 Å². The van der Waals surface area contributed by atoms with Crippen molar-refractivity contribution >= 4 is 39.9 Å². The summed E-state index contributed by atoms with van der Waals surface area (Å²) >= 11 is 5.90. The van der Waals surface area contributed by atoms with E-state index in [0.29, 0.717) is 54.2 Å². The number of rotatable bonds is 7. The van der Waals surface area contributed by atoms with Crippen molar-refractivity contribution in [3.05, 3.63) is 47.5 Å². The number of carbonyl (C=O) groups excluding carboxylic acids is 1. The van der Waals surface area contributed by atoms with Gasteiger partial charge < -0.3 is 24.8 Å². The van der Waals surface area contributed by atoms with Gasteiger partial charge in [-0.3, -0.25) is 4.79 Å². The summed E-state index contributed by atoms with van der Waals surface area (Å²) in [6.45, 7) is 4.36. The van der Waals surface area contributed by atoms with E-state index < -0.39 is 11.4 Å². The minimum Gasteiger partial charge on any atom is -0.493 e. The molecule has 0 aliphatic carbocycles. The van der Waals surface area contributed by atoms with Crippen molar-refractivity contribution in [2.45, 2.75) is 44.8 Å². The smallest absolute Gasteiger partial charge is 0.225 e. The molecular weight excluding hydrogens is 475 g/mol. The molecule has 1 amide bonds. The average molecular weight is 503 g/mol. The number of halogens is 2. The van der Waals surface area contributed by atoms with E-state index in [1.807, 2.05) is 0 Å². The first-order chi connectivity index (χ1) is 16.6. The van der Waals surface area contributed by atoms with Crippen molar-refractivity contribution in [3.8, 4) is 11.5 Å². The van der Waals surface area contributed by atoms with Crippen molar-refractivity contribution in [2.75, 3.05) is 25.5 Å². The van der Waals surface area contributed by atoms with Crippen molar-refractivity contribution in [2.24, 2.45) is 0 Å². The predicted molar refractivity (Wildman–Crippen MR) is 132 cm³/mol. The Hall–Kier alpha value is -3.17. The number of carbonyl (C=O) groups is 1. The Morgan fingerprint density at radius 3 is 2.69 bits per heavy atom. The van der Waals surface area contributed by atoms with Gasteiger partial charge in [-0.1, -0.05) is 17.7 Å². The molecule has 0 bridgehead atoms. The Balaban J connectivity index is 1.51. The summed E-state index contributed by atoms with van der Waals surface area (Å²) in [5.41, 5.74) is -0.238. The van der Waals surface area contributed by atoms with Crippen molar-refractivity contribution in [1.82, 2.24) is 14.9 Å². The van der Waals surface area contributed by atoms with Crippen LogP contribution >= 0.6 is 11.6 Å². The van der Waals surface area contributed by atoms with E-state index in [1.54, 1.807) is 50.1 Å². The van der Waals surface area contributed by atoms with Crippen LogP contribution in [0, 0.1) is 5.82 Å². The number of hydrogen-bond donors (Lipinski definition) is 2. The standard InChI is InChI=1S/C25H28ClFN4O4/c1-25(2,33)13-22(32)31-9-7-15(8-10-31)35-21-12-19-16(11-20(21)34-3)24(29-14-28-19)30-18-6-4-5-17(26)23(18)27/h4-6,11-12,14-15,33H,7-10,13H2,1-3H3,(H,28,29,30). The number of ether oxygens (including phenoxy) is 2. The number of aliphatic hydroxyl groups is 1. The summed E-state index contributed by atoms with van der Waals surface area (Å²) in [7, 11) is 1.54. The Kier molecular flexibility index (Phi) is 7.28. The number of hydrogen-bond acceptors (Lipinski definition) is 7. The van der Waals surface area contributed by atoms with Crippen molar-refractivity contribution in [3.63, 3.8) is 0 Å². The molecular formula is C25H28ClFN4O4. The fourth-order valence-corrected chi connectivity index (χ4v) is 4.20. The maximum Gasteiger partial charge on any atom is 0.225 e. The van der Waals surface area contributed by atoms with Crippen molar-refractivity contribution < 1.29 is 23.8 Å². The molecule has 2 N–H and O–H groups in total. The molecule has 4 rings (SSSR count). The second-order valence-corrected chi connectivity index (χ2v) is 9.56. The molecule has 2 heterocycles. The van der Waals surface area contributed by atoms with Crippen LogP contribution in [0.1, 0.15) is 33.1 Å². The zero-order valence-corrected chi connectivity index (χ0v) is 20.6. The molecule has 1 fully saturated rings. The lowest BCUT2D eigenvalue weighted by Crippen LogP contribution is -2.43. The molecule has 8 nitrogen and oxygen atoms in total. The van der Waals surface area contributed by atoms with Gasteiger partial charge in [0.2, 0.25) is 5.91 Å². The fourth-order valence-electron chi connectivity index (χ4n) is 4.03. The summed E-state index contributed by atoms with van der Waals surface area (Å²) < 4.78 is 26.2. The summed E-state index contributed by atoms with van der Waals surface area (Å²) in [4.78, 5) is 22.7. The quantitative estimate of drug-likeness (QED) is 0.483. The number of benzene rings is 2. The monoisotopic (exact) mass is 502 g/mol. The molecule has 35 heavy (non-hydrogen) atoms. The molecule has 0 atom stereocenters. The Bertz CT molecular complexity index is 1230. The van der Waals surface area contributed by atoms with Crippen LogP contribution in [0.4, 0.5) is 15.9 Å². The second kappa shape index (κ2) is 10.2. The number of nitrogens with zero attached hydrogens (tertiary/aromatic N) is 3. The normalized spacial score (nSPS) is 14.7. The molecule has 1 aliphatic rings. The molecule has 0 unspecified atom stereocenters. The Morgan fingerprint density at radius 2 is 2.00 bits per heavy atom. The third-order valence-corrected chi connectivity index (χ3v) is 6.09. The maximum atomic E-state index is 14.4. The largest absolute Gasteiger partial charge is 0.493 e. The molecule has 186 valence electrons. The van der Waals surface area contributed by atoms with Crippen LogP contribution in [0.3, 0.4) is 0 Å². The predicted octanol–water partition coefficient (Wildman–Crippen LogP) is 4.71. The van der Waals surface area contributed by atoms with Gasteiger partial charge in [0.15, 0.2) is 17.3 Å². The topological polar surface area (TPSA) is 96.8 Å². The summed E-state index contributed by atoms with van der Waals surface area (Å²) in [5.74, 6) is 0.786. The maximum absolute atomic E-state index is 14.4. The number of amides is 1. The zero-order valence-electron chi connectivity index (χ0n) is 19.8. The van der Waals surface area contributed by atoms with E-state index in [4.69, 9.17) is 21.1 Å².